The molecule has 1 fully saturated rings. The summed E-state index contributed by atoms with van der Waals surface area (Å²) >= 11 is 0. The molecule has 6 nitrogen and oxygen atoms in total. The lowest BCUT2D eigenvalue weighted by Crippen LogP contribution is -2.46. The quantitative estimate of drug-likeness (QED) is 0.707. The molecule has 1 aliphatic heterocycles. The molecule has 1 aliphatic rings. The third-order valence-electron chi connectivity index (χ3n) is 4.10. The Bertz CT molecular complexity index is 572. The van der Waals surface area contributed by atoms with E-state index in [1.807, 2.05) is 0 Å². The van der Waals surface area contributed by atoms with Crippen LogP contribution in [0.3, 0.4) is 0 Å². The normalized spacial score (nSPS) is 15.9. The second kappa shape index (κ2) is 11.2. The number of alkyl halides is 2. The van der Waals surface area contributed by atoms with Crippen LogP contribution in [-0.4, -0.2) is 38.4 Å². The van der Waals surface area contributed by atoms with Crippen LogP contribution in [0.4, 0.5) is 8.78 Å². The third kappa shape index (κ3) is 6.26. The zero-order valence-electron chi connectivity index (χ0n) is 14.6. The molecule has 1 aromatic carbocycles. The molecule has 1 amide bonds. The van der Waals surface area contributed by atoms with E-state index in [1.54, 1.807) is 25.1 Å². The van der Waals surface area contributed by atoms with Crippen LogP contribution >= 0.6 is 12.4 Å². The van der Waals surface area contributed by atoms with Crippen LogP contribution in [-0.2, 0) is 16.1 Å². The SMILES string of the molecule is CCOc1cccc(CNC(=O)C(N)C2CCOCC2)c1OC(F)F.Cl. The van der Waals surface area contributed by atoms with Gasteiger partial charge in [0.15, 0.2) is 11.5 Å². The summed E-state index contributed by atoms with van der Waals surface area (Å²) in [6, 6.07) is 4.14. The predicted octanol–water partition coefficient (Wildman–Crippen LogP) is 2.48. The standard InChI is InChI=1S/C17H24F2N2O4.ClH/c1-2-24-13-5-3-4-12(15(13)25-17(18)19)10-21-16(22)14(20)11-6-8-23-9-7-11;/h3-5,11,14,17H,2,6-10,20H2,1H3,(H,21,22);1H. The summed E-state index contributed by atoms with van der Waals surface area (Å²) in [5.74, 6) is -0.125. The number of halogens is 3. The lowest BCUT2D eigenvalue weighted by Gasteiger charge is -2.26. The van der Waals surface area contributed by atoms with E-state index < -0.39 is 12.7 Å². The summed E-state index contributed by atoms with van der Waals surface area (Å²) in [4.78, 5) is 12.3. The molecule has 1 heterocycles. The Morgan fingerprint density at radius 1 is 1.38 bits per heavy atom. The number of nitrogens with one attached hydrogen (secondary N) is 1. The van der Waals surface area contributed by atoms with Gasteiger partial charge < -0.3 is 25.3 Å². The Labute approximate surface area is 157 Å². The summed E-state index contributed by atoms with van der Waals surface area (Å²) in [6.45, 7) is 0.277. The Balaban J connectivity index is 0.00000338. The number of rotatable bonds is 8. The van der Waals surface area contributed by atoms with E-state index in [-0.39, 0.29) is 42.3 Å². The van der Waals surface area contributed by atoms with Crippen molar-refractivity contribution in [3.63, 3.8) is 0 Å². The van der Waals surface area contributed by atoms with Gasteiger partial charge in [-0.1, -0.05) is 12.1 Å². The second-order valence-corrected chi connectivity index (χ2v) is 5.75. The second-order valence-electron chi connectivity index (χ2n) is 5.75. The minimum Gasteiger partial charge on any atom is -0.490 e. The molecule has 0 radical (unpaired) electrons. The highest BCUT2D eigenvalue weighted by Gasteiger charge is 2.26. The van der Waals surface area contributed by atoms with Crippen molar-refractivity contribution in [2.45, 2.75) is 39.0 Å². The Hall–Kier alpha value is -1.64. The molecule has 1 saturated heterocycles. The minimum absolute atomic E-state index is 0. The Morgan fingerprint density at radius 3 is 2.69 bits per heavy atom. The van der Waals surface area contributed by atoms with E-state index in [0.29, 0.717) is 25.4 Å². The largest absolute Gasteiger partial charge is 0.490 e. The lowest BCUT2D eigenvalue weighted by molar-refractivity contribution is -0.124. The van der Waals surface area contributed by atoms with Crippen molar-refractivity contribution < 1.29 is 27.8 Å². The van der Waals surface area contributed by atoms with Crippen LogP contribution in [0, 0.1) is 5.92 Å². The summed E-state index contributed by atoms with van der Waals surface area (Å²) in [7, 11) is 0. The van der Waals surface area contributed by atoms with Gasteiger partial charge in [0, 0.05) is 25.3 Å². The zero-order valence-corrected chi connectivity index (χ0v) is 15.4. The monoisotopic (exact) mass is 394 g/mol. The zero-order chi connectivity index (χ0) is 18.2. The van der Waals surface area contributed by atoms with Gasteiger partial charge in [-0.05, 0) is 31.7 Å². The maximum absolute atomic E-state index is 12.7. The molecule has 3 N–H and O–H groups in total. The van der Waals surface area contributed by atoms with Crippen molar-refractivity contribution in [2.75, 3.05) is 19.8 Å². The number of amides is 1. The van der Waals surface area contributed by atoms with E-state index in [4.69, 9.17) is 15.2 Å². The molecule has 0 spiro atoms. The smallest absolute Gasteiger partial charge is 0.387 e. The highest BCUT2D eigenvalue weighted by Crippen LogP contribution is 2.32. The van der Waals surface area contributed by atoms with Crippen LogP contribution in [0.2, 0.25) is 0 Å². The number of hydrogen-bond acceptors (Lipinski definition) is 5. The van der Waals surface area contributed by atoms with E-state index in [0.717, 1.165) is 12.8 Å². The van der Waals surface area contributed by atoms with Gasteiger partial charge in [-0.15, -0.1) is 12.4 Å². The maximum Gasteiger partial charge on any atom is 0.387 e. The molecule has 0 saturated carbocycles. The average molecular weight is 395 g/mol. The van der Waals surface area contributed by atoms with Crippen molar-refractivity contribution in [1.82, 2.24) is 5.32 Å². The first kappa shape index (κ1) is 22.4. The fourth-order valence-electron chi connectivity index (χ4n) is 2.78. The van der Waals surface area contributed by atoms with Crippen LogP contribution in [0.15, 0.2) is 18.2 Å². The predicted molar refractivity (Wildman–Crippen MR) is 94.9 cm³/mol. The number of ether oxygens (including phenoxy) is 3. The number of carbonyl (C=O) groups excluding carboxylic acids is 1. The number of benzene rings is 1. The van der Waals surface area contributed by atoms with Crippen LogP contribution in [0.1, 0.15) is 25.3 Å². The molecule has 9 heteroatoms. The van der Waals surface area contributed by atoms with E-state index in [1.165, 1.54) is 0 Å². The number of nitrogens with two attached hydrogens (primary N) is 1. The van der Waals surface area contributed by atoms with Crippen molar-refractivity contribution in [1.29, 1.82) is 0 Å². The number of para-hydroxylation sites is 1. The number of carbonyl (C=O) groups is 1. The highest BCUT2D eigenvalue weighted by molar-refractivity contribution is 5.85. The molecular weight excluding hydrogens is 370 g/mol. The summed E-state index contributed by atoms with van der Waals surface area (Å²) in [5.41, 5.74) is 6.41. The minimum atomic E-state index is -2.99. The van der Waals surface area contributed by atoms with Crippen molar-refractivity contribution in [3.8, 4) is 11.5 Å². The molecule has 1 aromatic rings. The molecule has 0 aliphatic carbocycles. The molecule has 1 unspecified atom stereocenters. The first-order valence-electron chi connectivity index (χ1n) is 8.33. The Kier molecular flexibility index (Phi) is 9.61. The fraction of sp³-hybridized carbons (Fsp3) is 0.588. The van der Waals surface area contributed by atoms with Gasteiger partial charge in [0.1, 0.15) is 0 Å². The van der Waals surface area contributed by atoms with E-state index in [9.17, 15) is 13.6 Å². The van der Waals surface area contributed by atoms with Crippen molar-refractivity contribution >= 4 is 18.3 Å². The van der Waals surface area contributed by atoms with Crippen molar-refractivity contribution in [3.05, 3.63) is 23.8 Å². The van der Waals surface area contributed by atoms with Gasteiger partial charge in [0.25, 0.3) is 0 Å². The fourth-order valence-corrected chi connectivity index (χ4v) is 2.78. The van der Waals surface area contributed by atoms with Gasteiger partial charge in [-0.3, -0.25) is 4.79 Å². The van der Waals surface area contributed by atoms with E-state index in [2.05, 4.69) is 10.1 Å². The molecule has 26 heavy (non-hydrogen) atoms. The van der Waals surface area contributed by atoms with Crippen LogP contribution in [0.25, 0.3) is 0 Å². The molecule has 2 rings (SSSR count). The Morgan fingerprint density at radius 2 is 2.08 bits per heavy atom. The van der Waals surface area contributed by atoms with Gasteiger partial charge >= 0.3 is 6.61 Å². The third-order valence-corrected chi connectivity index (χ3v) is 4.10. The average Bonchev–Trinajstić information content (AvgIpc) is 2.61. The molecule has 1 atom stereocenters. The molecular formula is C17H25ClF2N2O4. The van der Waals surface area contributed by atoms with Gasteiger partial charge in [0.05, 0.1) is 12.6 Å². The maximum atomic E-state index is 12.7. The van der Waals surface area contributed by atoms with Crippen LogP contribution < -0.4 is 20.5 Å². The summed E-state index contributed by atoms with van der Waals surface area (Å²) in [5, 5.41) is 2.69. The summed E-state index contributed by atoms with van der Waals surface area (Å²) < 4.78 is 40.5. The molecule has 0 aromatic heterocycles. The van der Waals surface area contributed by atoms with E-state index >= 15 is 0 Å². The molecule has 148 valence electrons. The van der Waals surface area contributed by atoms with Gasteiger partial charge in [-0.25, -0.2) is 0 Å². The van der Waals surface area contributed by atoms with Crippen LogP contribution in [0.5, 0.6) is 11.5 Å². The first-order chi connectivity index (χ1) is 12.0. The summed E-state index contributed by atoms with van der Waals surface area (Å²) in [6.07, 6.45) is 1.46. The topological polar surface area (TPSA) is 82.8 Å². The lowest BCUT2D eigenvalue weighted by atomic mass is 9.92. The highest BCUT2D eigenvalue weighted by atomic mass is 35.5. The first-order valence-corrected chi connectivity index (χ1v) is 8.33. The van der Waals surface area contributed by atoms with Gasteiger partial charge in [-0.2, -0.15) is 8.78 Å². The molecule has 0 bridgehead atoms. The van der Waals surface area contributed by atoms with Crippen molar-refractivity contribution in [2.24, 2.45) is 11.7 Å². The van der Waals surface area contributed by atoms with Gasteiger partial charge in [0.2, 0.25) is 5.91 Å². The number of hydrogen-bond donors (Lipinski definition) is 2.